The molecule has 0 saturated heterocycles. The first-order chi connectivity index (χ1) is 5.49. The molecule has 0 spiro atoms. The van der Waals surface area contributed by atoms with E-state index in [2.05, 4.69) is 0 Å². The van der Waals surface area contributed by atoms with Gasteiger partial charge in [-0.1, -0.05) is 25.8 Å². The molecule has 0 aromatic rings. The molecule has 0 heterocycles. The lowest BCUT2D eigenvalue weighted by molar-refractivity contribution is 0.493. The van der Waals surface area contributed by atoms with Gasteiger partial charge in [-0.3, -0.25) is 4.55 Å². The van der Waals surface area contributed by atoms with Crippen molar-refractivity contribution in [2.24, 2.45) is 0 Å². The third-order valence-corrected chi connectivity index (χ3v) is 2.25. The van der Waals surface area contributed by atoms with Crippen LogP contribution in [0.15, 0.2) is 11.0 Å². The Morgan fingerprint density at radius 1 is 1.42 bits per heavy atom. The van der Waals surface area contributed by atoms with Crippen molar-refractivity contribution >= 4 is 10.1 Å². The molecule has 0 atom stereocenters. The molecule has 0 rings (SSSR count). The van der Waals surface area contributed by atoms with Crippen LogP contribution in [-0.2, 0) is 10.1 Å². The highest BCUT2D eigenvalue weighted by Gasteiger charge is 2.01. The van der Waals surface area contributed by atoms with Crippen LogP contribution in [0, 0.1) is 0 Å². The molecule has 0 aliphatic carbocycles. The van der Waals surface area contributed by atoms with Crippen LogP contribution in [0.25, 0.3) is 0 Å². The van der Waals surface area contributed by atoms with Crippen molar-refractivity contribution in [3.63, 3.8) is 0 Å². The molecule has 1 N–H and O–H groups in total. The number of rotatable bonds is 5. The van der Waals surface area contributed by atoms with Gasteiger partial charge >= 0.3 is 0 Å². The number of hydrogen-bond donors (Lipinski definition) is 1. The number of hydrogen-bond acceptors (Lipinski definition) is 2. The fraction of sp³-hybridized carbons (Fsp3) is 0.750. The second-order valence-corrected chi connectivity index (χ2v) is 4.01. The molecule has 0 aliphatic rings. The van der Waals surface area contributed by atoms with E-state index in [1.807, 2.05) is 13.8 Å². The molecular formula is C8H16O3S. The van der Waals surface area contributed by atoms with Crippen molar-refractivity contribution in [2.45, 2.75) is 39.5 Å². The van der Waals surface area contributed by atoms with Crippen LogP contribution in [0.5, 0.6) is 0 Å². The van der Waals surface area contributed by atoms with Crippen LogP contribution in [0.3, 0.4) is 0 Å². The SMILES string of the molecule is CCCC/C(=C/S(=O)(=O)O)CC. The van der Waals surface area contributed by atoms with Gasteiger partial charge in [-0.05, 0) is 19.3 Å². The average molecular weight is 192 g/mol. The molecule has 0 aromatic heterocycles. The monoisotopic (exact) mass is 192 g/mol. The summed E-state index contributed by atoms with van der Waals surface area (Å²) in [5.41, 5.74) is 0.791. The van der Waals surface area contributed by atoms with Gasteiger partial charge in [0.25, 0.3) is 10.1 Å². The van der Waals surface area contributed by atoms with Gasteiger partial charge in [0, 0.05) is 0 Å². The maximum absolute atomic E-state index is 10.4. The van der Waals surface area contributed by atoms with Crippen LogP contribution in [0.1, 0.15) is 39.5 Å². The van der Waals surface area contributed by atoms with E-state index in [1.165, 1.54) is 0 Å². The first-order valence-corrected chi connectivity index (χ1v) is 5.66. The Bertz CT molecular complexity index is 239. The highest BCUT2D eigenvalue weighted by molar-refractivity contribution is 7.88. The van der Waals surface area contributed by atoms with Gasteiger partial charge < -0.3 is 0 Å². The van der Waals surface area contributed by atoms with E-state index in [4.69, 9.17) is 4.55 Å². The normalized spacial score (nSPS) is 13.4. The quantitative estimate of drug-likeness (QED) is 0.680. The first kappa shape index (κ1) is 11.6. The molecule has 0 bridgehead atoms. The van der Waals surface area contributed by atoms with Crippen molar-refractivity contribution in [1.29, 1.82) is 0 Å². The minimum atomic E-state index is -3.93. The van der Waals surface area contributed by atoms with Gasteiger partial charge in [0.05, 0.1) is 5.41 Å². The molecular weight excluding hydrogens is 176 g/mol. The lowest BCUT2D eigenvalue weighted by atomic mass is 10.1. The highest BCUT2D eigenvalue weighted by Crippen LogP contribution is 2.12. The maximum Gasteiger partial charge on any atom is 0.287 e. The van der Waals surface area contributed by atoms with E-state index in [1.54, 1.807) is 0 Å². The summed E-state index contributed by atoms with van der Waals surface area (Å²) in [6.45, 7) is 3.92. The third kappa shape index (κ3) is 6.37. The largest absolute Gasteiger partial charge is 0.287 e. The average Bonchev–Trinajstić information content (AvgIpc) is 1.95. The van der Waals surface area contributed by atoms with Crippen molar-refractivity contribution in [2.75, 3.05) is 0 Å². The summed E-state index contributed by atoms with van der Waals surface area (Å²) in [6, 6.07) is 0. The molecule has 0 fully saturated rings. The Labute approximate surface area is 74.2 Å². The Hall–Kier alpha value is -0.350. The van der Waals surface area contributed by atoms with Crippen molar-refractivity contribution in [3.8, 4) is 0 Å². The lowest BCUT2D eigenvalue weighted by Crippen LogP contribution is -1.93. The van der Waals surface area contributed by atoms with Gasteiger partial charge in [0.1, 0.15) is 0 Å². The Kier molecular flexibility index (Phi) is 5.17. The van der Waals surface area contributed by atoms with E-state index in [9.17, 15) is 8.42 Å². The molecule has 0 aliphatic heterocycles. The van der Waals surface area contributed by atoms with E-state index in [-0.39, 0.29) is 0 Å². The molecule has 0 amide bonds. The van der Waals surface area contributed by atoms with Crippen LogP contribution >= 0.6 is 0 Å². The van der Waals surface area contributed by atoms with Crippen molar-refractivity contribution in [1.82, 2.24) is 0 Å². The second kappa shape index (κ2) is 5.32. The van der Waals surface area contributed by atoms with Crippen LogP contribution in [0.4, 0.5) is 0 Å². The first-order valence-electron chi connectivity index (χ1n) is 4.16. The minimum absolute atomic E-state index is 0.680. The van der Waals surface area contributed by atoms with Gasteiger partial charge in [0.15, 0.2) is 0 Å². The summed E-state index contributed by atoms with van der Waals surface area (Å²) in [6.07, 6.45) is 3.44. The molecule has 12 heavy (non-hydrogen) atoms. The van der Waals surface area contributed by atoms with Gasteiger partial charge in [-0.15, -0.1) is 0 Å². The highest BCUT2D eigenvalue weighted by atomic mass is 32.2. The van der Waals surface area contributed by atoms with E-state index >= 15 is 0 Å². The number of unbranched alkanes of at least 4 members (excludes halogenated alkanes) is 1. The van der Waals surface area contributed by atoms with E-state index < -0.39 is 10.1 Å². The molecule has 0 radical (unpaired) electrons. The van der Waals surface area contributed by atoms with Gasteiger partial charge in [-0.2, -0.15) is 8.42 Å². The Morgan fingerprint density at radius 2 is 2.00 bits per heavy atom. The maximum atomic E-state index is 10.4. The smallest absolute Gasteiger partial charge is 0.282 e. The van der Waals surface area contributed by atoms with Crippen LogP contribution in [-0.4, -0.2) is 13.0 Å². The zero-order chi connectivity index (χ0) is 9.61. The summed E-state index contributed by atoms with van der Waals surface area (Å²) in [7, 11) is -3.93. The van der Waals surface area contributed by atoms with Crippen LogP contribution in [0.2, 0.25) is 0 Å². The molecule has 72 valence electrons. The van der Waals surface area contributed by atoms with E-state index in [0.717, 1.165) is 30.2 Å². The number of allylic oxidation sites excluding steroid dienone is 1. The summed E-state index contributed by atoms with van der Waals surface area (Å²) >= 11 is 0. The van der Waals surface area contributed by atoms with Crippen molar-refractivity contribution < 1.29 is 13.0 Å². The summed E-state index contributed by atoms with van der Waals surface area (Å²) < 4.78 is 29.4. The molecule has 3 nitrogen and oxygen atoms in total. The van der Waals surface area contributed by atoms with Crippen LogP contribution < -0.4 is 0 Å². The fourth-order valence-electron chi connectivity index (χ4n) is 0.933. The molecule has 0 unspecified atom stereocenters. The lowest BCUT2D eigenvalue weighted by Gasteiger charge is -2.00. The predicted octanol–water partition coefficient (Wildman–Crippen LogP) is 2.36. The standard InChI is InChI=1S/C8H16O3S/c1-3-5-6-8(4-2)7-12(9,10)11/h7H,3-6H2,1-2H3,(H,9,10,11)/b8-7+. The van der Waals surface area contributed by atoms with Gasteiger partial charge in [0.2, 0.25) is 0 Å². The molecule has 0 saturated carbocycles. The third-order valence-electron chi connectivity index (χ3n) is 1.62. The fourth-order valence-corrected chi connectivity index (χ4v) is 1.64. The summed E-state index contributed by atoms with van der Waals surface area (Å²) in [5.74, 6) is 0. The summed E-state index contributed by atoms with van der Waals surface area (Å²) in [5, 5.41) is 0.961. The predicted molar refractivity (Wildman–Crippen MR) is 49.4 cm³/mol. The Morgan fingerprint density at radius 3 is 2.33 bits per heavy atom. The zero-order valence-corrected chi connectivity index (χ0v) is 8.39. The Balaban J connectivity index is 4.24. The van der Waals surface area contributed by atoms with Gasteiger partial charge in [-0.25, -0.2) is 0 Å². The molecule has 4 heteroatoms. The van der Waals surface area contributed by atoms with E-state index in [0.29, 0.717) is 6.42 Å². The summed E-state index contributed by atoms with van der Waals surface area (Å²) in [4.78, 5) is 0. The topological polar surface area (TPSA) is 54.4 Å². The minimum Gasteiger partial charge on any atom is -0.282 e. The van der Waals surface area contributed by atoms with Crippen molar-refractivity contribution in [3.05, 3.63) is 11.0 Å². The second-order valence-electron chi connectivity index (χ2n) is 2.75. The molecule has 0 aromatic carbocycles. The zero-order valence-electron chi connectivity index (χ0n) is 7.58.